The molecule has 0 aromatic carbocycles. The topological polar surface area (TPSA) is 18.5 Å². The van der Waals surface area contributed by atoms with E-state index in [4.69, 9.17) is 0 Å². The molecule has 0 aromatic heterocycles. The Labute approximate surface area is 119 Å². The van der Waals surface area contributed by atoms with Gasteiger partial charge in [-0.3, -0.25) is 9.80 Å². The van der Waals surface area contributed by atoms with Gasteiger partial charge >= 0.3 is 0 Å². The maximum absolute atomic E-state index is 3.63. The fourth-order valence-electron chi connectivity index (χ4n) is 3.60. The molecule has 2 saturated heterocycles. The summed E-state index contributed by atoms with van der Waals surface area (Å²) in [6, 6.07) is 0.860. The average Bonchev–Trinajstić information content (AvgIpc) is 2.86. The summed E-state index contributed by atoms with van der Waals surface area (Å²) in [6.07, 6.45) is 5.35. The molecule has 2 aliphatic heterocycles. The lowest BCUT2D eigenvalue weighted by Crippen LogP contribution is -2.53. The minimum absolute atomic E-state index is 0.440. The Bertz CT molecular complexity index is 269. The number of nitrogens with zero attached hydrogens (tertiary/aromatic N) is 2. The molecule has 19 heavy (non-hydrogen) atoms. The summed E-state index contributed by atoms with van der Waals surface area (Å²) in [5.41, 5.74) is 0.440. The summed E-state index contributed by atoms with van der Waals surface area (Å²) in [6.45, 7) is 15.9. The van der Waals surface area contributed by atoms with Crippen LogP contribution in [0.15, 0.2) is 0 Å². The van der Waals surface area contributed by atoms with Crippen LogP contribution < -0.4 is 5.32 Å². The second kappa shape index (κ2) is 7.05. The van der Waals surface area contributed by atoms with Crippen molar-refractivity contribution in [2.75, 3.05) is 45.8 Å². The molecule has 0 radical (unpaired) electrons. The van der Waals surface area contributed by atoms with Crippen LogP contribution in [0.4, 0.5) is 0 Å². The molecule has 2 heterocycles. The molecule has 0 bridgehead atoms. The summed E-state index contributed by atoms with van der Waals surface area (Å²) in [4.78, 5) is 5.43. The van der Waals surface area contributed by atoms with Crippen molar-refractivity contribution in [1.29, 1.82) is 0 Å². The van der Waals surface area contributed by atoms with E-state index < -0.39 is 0 Å². The van der Waals surface area contributed by atoms with Crippen LogP contribution in [-0.4, -0.2) is 61.7 Å². The first-order chi connectivity index (χ1) is 9.17. The van der Waals surface area contributed by atoms with Crippen molar-refractivity contribution in [3.8, 4) is 0 Å². The van der Waals surface area contributed by atoms with E-state index in [2.05, 4.69) is 35.9 Å². The zero-order chi connectivity index (χ0) is 13.7. The molecule has 0 spiro atoms. The molecule has 112 valence electrons. The van der Waals surface area contributed by atoms with Crippen molar-refractivity contribution in [3.63, 3.8) is 0 Å². The van der Waals surface area contributed by atoms with Crippen molar-refractivity contribution < 1.29 is 0 Å². The van der Waals surface area contributed by atoms with Crippen LogP contribution in [0.1, 0.15) is 46.5 Å². The first kappa shape index (κ1) is 15.3. The molecule has 3 nitrogen and oxygen atoms in total. The summed E-state index contributed by atoms with van der Waals surface area (Å²) in [5, 5.41) is 3.63. The molecule has 1 N–H and O–H groups in total. The molecule has 2 unspecified atom stereocenters. The smallest absolute Gasteiger partial charge is 0.0224 e. The molecule has 2 aliphatic rings. The standard InChI is InChI=1S/C16H33N3/c1-4-8-17-13-16(3,5-2)14-18-10-11-19-9-6-7-15(19)12-18/h15,17H,4-14H2,1-3H3. The van der Waals surface area contributed by atoms with Gasteiger partial charge in [-0.15, -0.1) is 0 Å². The third-order valence-electron chi connectivity index (χ3n) is 5.11. The van der Waals surface area contributed by atoms with Gasteiger partial charge in [-0.1, -0.05) is 20.8 Å². The number of hydrogen-bond acceptors (Lipinski definition) is 3. The van der Waals surface area contributed by atoms with Gasteiger partial charge in [-0.05, 0) is 44.2 Å². The number of piperazine rings is 1. The van der Waals surface area contributed by atoms with Crippen molar-refractivity contribution in [1.82, 2.24) is 15.1 Å². The van der Waals surface area contributed by atoms with Gasteiger partial charge in [0.1, 0.15) is 0 Å². The first-order valence-corrected chi connectivity index (χ1v) is 8.34. The third-order valence-corrected chi connectivity index (χ3v) is 5.11. The van der Waals surface area contributed by atoms with Gasteiger partial charge in [0.05, 0.1) is 0 Å². The molecule has 2 rings (SSSR count). The van der Waals surface area contributed by atoms with E-state index in [9.17, 15) is 0 Å². The zero-order valence-corrected chi connectivity index (χ0v) is 13.2. The Morgan fingerprint density at radius 3 is 2.79 bits per heavy atom. The average molecular weight is 267 g/mol. The Kier molecular flexibility index (Phi) is 5.67. The Hall–Kier alpha value is -0.120. The van der Waals surface area contributed by atoms with Crippen LogP contribution >= 0.6 is 0 Å². The lowest BCUT2D eigenvalue weighted by Gasteiger charge is -2.42. The minimum Gasteiger partial charge on any atom is -0.316 e. The van der Waals surface area contributed by atoms with E-state index in [0.717, 1.165) is 12.6 Å². The highest BCUT2D eigenvalue weighted by atomic mass is 15.3. The molecule has 3 heteroatoms. The van der Waals surface area contributed by atoms with Crippen molar-refractivity contribution in [2.24, 2.45) is 5.41 Å². The quantitative estimate of drug-likeness (QED) is 0.713. The minimum atomic E-state index is 0.440. The molecular weight excluding hydrogens is 234 g/mol. The number of hydrogen-bond donors (Lipinski definition) is 1. The van der Waals surface area contributed by atoms with Crippen molar-refractivity contribution in [2.45, 2.75) is 52.5 Å². The molecular formula is C16H33N3. The Morgan fingerprint density at radius 2 is 2.05 bits per heavy atom. The van der Waals surface area contributed by atoms with Gasteiger partial charge in [0.2, 0.25) is 0 Å². The normalized spacial score (nSPS) is 28.3. The van der Waals surface area contributed by atoms with Gasteiger partial charge in [0.25, 0.3) is 0 Å². The van der Waals surface area contributed by atoms with Crippen LogP contribution in [-0.2, 0) is 0 Å². The Morgan fingerprint density at radius 1 is 1.21 bits per heavy atom. The second-order valence-electron chi connectivity index (χ2n) is 6.91. The monoisotopic (exact) mass is 267 g/mol. The maximum atomic E-state index is 3.63. The van der Waals surface area contributed by atoms with Gasteiger partial charge in [-0.25, -0.2) is 0 Å². The summed E-state index contributed by atoms with van der Waals surface area (Å²) < 4.78 is 0. The summed E-state index contributed by atoms with van der Waals surface area (Å²) in [5.74, 6) is 0. The van der Waals surface area contributed by atoms with Crippen molar-refractivity contribution >= 4 is 0 Å². The van der Waals surface area contributed by atoms with Crippen LogP contribution in [0.25, 0.3) is 0 Å². The highest BCUT2D eigenvalue weighted by molar-refractivity contribution is 4.89. The van der Waals surface area contributed by atoms with E-state index in [1.54, 1.807) is 0 Å². The van der Waals surface area contributed by atoms with Crippen molar-refractivity contribution in [3.05, 3.63) is 0 Å². The van der Waals surface area contributed by atoms with Gasteiger partial charge in [-0.2, -0.15) is 0 Å². The van der Waals surface area contributed by atoms with Gasteiger partial charge in [0, 0.05) is 38.8 Å². The fourth-order valence-corrected chi connectivity index (χ4v) is 3.60. The molecule has 0 saturated carbocycles. The molecule has 2 fully saturated rings. The first-order valence-electron chi connectivity index (χ1n) is 8.34. The highest BCUT2D eigenvalue weighted by Gasteiger charge is 2.33. The highest BCUT2D eigenvalue weighted by Crippen LogP contribution is 2.26. The summed E-state index contributed by atoms with van der Waals surface area (Å²) in [7, 11) is 0. The van der Waals surface area contributed by atoms with Gasteiger partial charge in [0.15, 0.2) is 0 Å². The SMILES string of the molecule is CCCNCC(C)(CC)CN1CCN2CCCC2C1. The zero-order valence-electron chi connectivity index (χ0n) is 13.2. The lowest BCUT2D eigenvalue weighted by molar-refractivity contribution is 0.0676. The maximum Gasteiger partial charge on any atom is 0.0224 e. The fraction of sp³-hybridized carbons (Fsp3) is 1.00. The summed E-state index contributed by atoms with van der Waals surface area (Å²) >= 11 is 0. The van der Waals surface area contributed by atoms with Gasteiger partial charge < -0.3 is 5.32 Å². The predicted octanol–water partition coefficient (Wildman–Crippen LogP) is 2.18. The number of rotatable bonds is 7. The molecule has 0 aromatic rings. The largest absolute Gasteiger partial charge is 0.316 e. The predicted molar refractivity (Wildman–Crippen MR) is 82.6 cm³/mol. The number of fused-ring (bicyclic) bond motifs is 1. The van der Waals surface area contributed by atoms with E-state index >= 15 is 0 Å². The van der Waals surface area contributed by atoms with E-state index in [1.807, 2.05) is 0 Å². The van der Waals surface area contributed by atoms with Crippen LogP contribution in [0.3, 0.4) is 0 Å². The van der Waals surface area contributed by atoms with Crippen LogP contribution in [0, 0.1) is 5.41 Å². The lowest BCUT2D eigenvalue weighted by atomic mass is 9.86. The third kappa shape index (κ3) is 4.17. The molecule has 0 aliphatic carbocycles. The van der Waals surface area contributed by atoms with Crippen LogP contribution in [0.2, 0.25) is 0 Å². The van der Waals surface area contributed by atoms with E-state index in [-0.39, 0.29) is 0 Å². The van der Waals surface area contributed by atoms with E-state index in [0.29, 0.717) is 5.41 Å². The Balaban J connectivity index is 1.80. The molecule has 2 atom stereocenters. The van der Waals surface area contributed by atoms with Crippen LogP contribution in [0.5, 0.6) is 0 Å². The second-order valence-corrected chi connectivity index (χ2v) is 6.91. The van der Waals surface area contributed by atoms with E-state index in [1.165, 1.54) is 65.0 Å². The number of nitrogens with one attached hydrogen (secondary N) is 1. The molecule has 0 amide bonds.